The molecule has 4 heteroatoms. The monoisotopic (exact) mass is 336 g/mol. The fourth-order valence-corrected chi connectivity index (χ4v) is 2.97. The van der Waals surface area contributed by atoms with E-state index in [1.165, 1.54) is 0 Å². The summed E-state index contributed by atoms with van der Waals surface area (Å²) < 4.78 is 12.0. The summed E-state index contributed by atoms with van der Waals surface area (Å²) in [6, 6.07) is 13.4. The van der Waals surface area contributed by atoms with E-state index in [0.29, 0.717) is 6.61 Å². The SMILES string of the molecule is CCCC1(C)C=Cc2cc(OCc3ccc(C(=N)N)cc3)ccc2O1. The van der Waals surface area contributed by atoms with Gasteiger partial charge in [-0.25, -0.2) is 0 Å². The molecule has 0 aromatic heterocycles. The highest BCUT2D eigenvalue weighted by Crippen LogP contribution is 2.35. The molecular weight excluding hydrogens is 312 g/mol. The Kier molecular flexibility index (Phi) is 4.79. The first-order valence-corrected chi connectivity index (χ1v) is 8.57. The number of rotatable bonds is 6. The number of amidine groups is 1. The van der Waals surface area contributed by atoms with E-state index in [0.717, 1.165) is 41.0 Å². The van der Waals surface area contributed by atoms with Crippen molar-refractivity contribution in [3.8, 4) is 11.5 Å². The average Bonchev–Trinajstić information content (AvgIpc) is 2.60. The topological polar surface area (TPSA) is 68.3 Å². The number of hydrogen-bond donors (Lipinski definition) is 2. The van der Waals surface area contributed by atoms with Gasteiger partial charge in [-0.05, 0) is 43.2 Å². The maximum Gasteiger partial charge on any atom is 0.128 e. The van der Waals surface area contributed by atoms with Gasteiger partial charge in [0.1, 0.15) is 29.5 Å². The molecule has 0 fully saturated rings. The van der Waals surface area contributed by atoms with Crippen molar-refractivity contribution in [1.82, 2.24) is 0 Å². The number of benzene rings is 2. The molecule has 0 radical (unpaired) electrons. The van der Waals surface area contributed by atoms with Crippen molar-refractivity contribution in [2.75, 3.05) is 0 Å². The summed E-state index contributed by atoms with van der Waals surface area (Å²) in [7, 11) is 0. The lowest BCUT2D eigenvalue weighted by molar-refractivity contribution is 0.126. The Morgan fingerprint density at radius 1 is 1.20 bits per heavy atom. The van der Waals surface area contributed by atoms with Crippen LogP contribution in [0.3, 0.4) is 0 Å². The molecule has 2 aromatic rings. The molecule has 1 aliphatic heterocycles. The van der Waals surface area contributed by atoms with Crippen molar-refractivity contribution in [3.05, 3.63) is 65.2 Å². The predicted octanol–water partition coefficient (Wildman–Crippen LogP) is 4.51. The molecule has 1 heterocycles. The minimum Gasteiger partial charge on any atom is -0.489 e. The predicted molar refractivity (Wildman–Crippen MR) is 101 cm³/mol. The Balaban J connectivity index is 1.67. The summed E-state index contributed by atoms with van der Waals surface area (Å²) in [5.41, 5.74) is 8.04. The first-order valence-electron chi connectivity index (χ1n) is 8.57. The fraction of sp³-hybridized carbons (Fsp3) is 0.286. The Bertz CT molecular complexity index is 796. The average molecular weight is 336 g/mol. The zero-order chi connectivity index (χ0) is 17.9. The summed E-state index contributed by atoms with van der Waals surface area (Å²) in [5, 5.41) is 7.41. The van der Waals surface area contributed by atoms with E-state index >= 15 is 0 Å². The van der Waals surface area contributed by atoms with Crippen molar-refractivity contribution >= 4 is 11.9 Å². The second-order valence-electron chi connectivity index (χ2n) is 6.60. The third-order valence-electron chi connectivity index (χ3n) is 4.36. The minimum absolute atomic E-state index is 0.0732. The molecule has 3 rings (SSSR count). The van der Waals surface area contributed by atoms with Gasteiger partial charge < -0.3 is 15.2 Å². The van der Waals surface area contributed by atoms with Crippen LogP contribution >= 0.6 is 0 Å². The van der Waals surface area contributed by atoms with E-state index in [-0.39, 0.29) is 11.4 Å². The van der Waals surface area contributed by atoms with E-state index in [1.54, 1.807) is 0 Å². The van der Waals surface area contributed by atoms with Gasteiger partial charge in [0.15, 0.2) is 0 Å². The molecule has 0 aliphatic carbocycles. The number of nitrogen functional groups attached to an aromatic ring is 1. The Labute approximate surface area is 148 Å². The van der Waals surface area contributed by atoms with E-state index in [9.17, 15) is 0 Å². The lowest BCUT2D eigenvalue weighted by Crippen LogP contribution is -2.31. The highest BCUT2D eigenvalue weighted by Gasteiger charge is 2.26. The molecule has 3 N–H and O–H groups in total. The van der Waals surface area contributed by atoms with Gasteiger partial charge in [0.2, 0.25) is 0 Å². The third-order valence-corrected chi connectivity index (χ3v) is 4.36. The minimum atomic E-state index is -0.220. The number of nitrogens with two attached hydrogens (primary N) is 1. The maximum atomic E-state index is 7.41. The summed E-state index contributed by atoms with van der Waals surface area (Å²) in [5.74, 6) is 1.78. The van der Waals surface area contributed by atoms with Crippen molar-refractivity contribution in [3.63, 3.8) is 0 Å². The van der Waals surface area contributed by atoms with Crippen molar-refractivity contribution in [2.24, 2.45) is 5.73 Å². The van der Waals surface area contributed by atoms with Crippen LogP contribution in [0, 0.1) is 5.41 Å². The lowest BCUT2D eigenvalue weighted by atomic mass is 9.95. The first kappa shape index (κ1) is 17.1. The van der Waals surface area contributed by atoms with Gasteiger partial charge in [-0.1, -0.05) is 43.7 Å². The van der Waals surface area contributed by atoms with Crippen LogP contribution < -0.4 is 15.2 Å². The number of hydrogen-bond acceptors (Lipinski definition) is 3. The van der Waals surface area contributed by atoms with Gasteiger partial charge in [-0.15, -0.1) is 0 Å². The first-order chi connectivity index (χ1) is 12.0. The van der Waals surface area contributed by atoms with Crippen molar-refractivity contribution < 1.29 is 9.47 Å². The summed E-state index contributed by atoms with van der Waals surface area (Å²) in [6.45, 7) is 4.75. The van der Waals surface area contributed by atoms with Crippen molar-refractivity contribution in [1.29, 1.82) is 5.41 Å². The molecule has 0 amide bonds. The molecule has 4 nitrogen and oxygen atoms in total. The number of nitrogens with one attached hydrogen (secondary N) is 1. The summed E-state index contributed by atoms with van der Waals surface area (Å²) >= 11 is 0. The molecule has 0 bridgehead atoms. The zero-order valence-electron chi connectivity index (χ0n) is 14.7. The van der Waals surface area contributed by atoms with Crippen LogP contribution in [0.5, 0.6) is 11.5 Å². The van der Waals surface area contributed by atoms with Crippen LogP contribution in [-0.4, -0.2) is 11.4 Å². The van der Waals surface area contributed by atoms with E-state index < -0.39 is 0 Å². The molecule has 130 valence electrons. The second-order valence-corrected chi connectivity index (χ2v) is 6.60. The van der Waals surface area contributed by atoms with Gasteiger partial charge >= 0.3 is 0 Å². The van der Waals surface area contributed by atoms with Gasteiger partial charge in [-0.3, -0.25) is 5.41 Å². The Hall–Kier alpha value is -2.75. The highest BCUT2D eigenvalue weighted by atomic mass is 16.5. The van der Waals surface area contributed by atoms with Crippen molar-refractivity contribution in [2.45, 2.75) is 38.9 Å². The lowest BCUT2D eigenvalue weighted by Gasteiger charge is -2.31. The normalized spacial score (nSPS) is 18.3. The maximum absolute atomic E-state index is 7.41. The zero-order valence-corrected chi connectivity index (χ0v) is 14.7. The highest BCUT2D eigenvalue weighted by molar-refractivity contribution is 5.94. The van der Waals surface area contributed by atoms with E-state index in [4.69, 9.17) is 20.6 Å². The van der Waals surface area contributed by atoms with Crippen LogP contribution in [0.2, 0.25) is 0 Å². The smallest absolute Gasteiger partial charge is 0.128 e. The van der Waals surface area contributed by atoms with Crippen LogP contribution in [0.1, 0.15) is 43.4 Å². The number of fused-ring (bicyclic) bond motifs is 1. The molecule has 1 aliphatic rings. The van der Waals surface area contributed by atoms with Crippen LogP contribution in [-0.2, 0) is 6.61 Å². The number of ether oxygens (including phenoxy) is 2. The van der Waals surface area contributed by atoms with Gasteiger partial charge in [0.25, 0.3) is 0 Å². The molecular formula is C21H24N2O2. The van der Waals surface area contributed by atoms with Gasteiger partial charge in [0.05, 0.1) is 0 Å². The fourth-order valence-electron chi connectivity index (χ4n) is 2.97. The van der Waals surface area contributed by atoms with Gasteiger partial charge in [0, 0.05) is 11.1 Å². The van der Waals surface area contributed by atoms with Crippen LogP contribution in [0.4, 0.5) is 0 Å². The third kappa shape index (κ3) is 4.02. The second kappa shape index (κ2) is 7.01. The molecule has 0 spiro atoms. The molecule has 2 aromatic carbocycles. The Morgan fingerprint density at radius 2 is 1.96 bits per heavy atom. The summed E-state index contributed by atoms with van der Waals surface area (Å²) in [6.07, 6.45) is 6.32. The molecule has 1 atom stereocenters. The molecule has 1 unspecified atom stereocenters. The quantitative estimate of drug-likeness (QED) is 0.602. The van der Waals surface area contributed by atoms with Crippen LogP contribution in [0.25, 0.3) is 6.08 Å². The largest absolute Gasteiger partial charge is 0.489 e. The molecule has 25 heavy (non-hydrogen) atoms. The Morgan fingerprint density at radius 3 is 2.64 bits per heavy atom. The van der Waals surface area contributed by atoms with Gasteiger partial charge in [-0.2, -0.15) is 0 Å². The molecule has 0 saturated heterocycles. The summed E-state index contributed by atoms with van der Waals surface area (Å²) in [4.78, 5) is 0. The van der Waals surface area contributed by atoms with E-state index in [1.807, 2.05) is 42.5 Å². The van der Waals surface area contributed by atoms with E-state index in [2.05, 4.69) is 26.0 Å². The van der Waals surface area contributed by atoms with Crippen LogP contribution in [0.15, 0.2) is 48.5 Å². The standard InChI is InChI=1S/C21H24N2O2/c1-3-11-21(2)12-10-17-13-18(8-9-19(17)25-21)24-14-15-4-6-16(7-5-15)20(22)23/h4-10,12-13H,3,11,14H2,1-2H3,(H3,22,23). The molecule has 0 saturated carbocycles.